The van der Waals surface area contributed by atoms with E-state index in [1.54, 1.807) is 0 Å². The molecule has 2 aliphatic heterocycles. The molecule has 1 N–H and O–H groups in total. The van der Waals surface area contributed by atoms with E-state index in [1.807, 2.05) is 51.7 Å². The Hall–Kier alpha value is -3.18. The van der Waals surface area contributed by atoms with Crippen LogP contribution in [0.3, 0.4) is 0 Å². The Morgan fingerprint density at radius 2 is 1.71 bits per heavy atom. The van der Waals surface area contributed by atoms with Crippen LogP contribution in [0.15, 0.2) is 71.8 Å². The number of amides is 1. The van der Waals surface area contributed by atoms with Gasteiger partial charge in [-0.2, -0.15) is 0 Å². The van der Waals surface area contributed by atoms with Crippen LogP contribution in [0.25, 0.3) is 0 Å². The quantitative estimate of drug-likeness (QED) is 0.408. The van der Waals surface area contributed by atoms with E-state index in [-0.39, 0.29) is 5.91 Å². The Balaban J connectivity index is 0.000000709. The van der Waals surface area contributed by atoms with Gasteiger partial charge in [0, 0.05) is 30.9 Å². The predicted octanol–water partition coefficient (Wildman–Crippen LogP) is 7.29. The van der Waals surface area contributed by atoms with Gasteiger partial charge in [0.15, 0.2) is 0 Å². The zero-order valence-corrected chi connectivity index (χ0v) is 25.1. The SMILES string of the molecule is C=CCCN1CC(=O)N(Cc2ccc(C3=NCCN3)cc2)c2cccc(C)c2C1.CC.CC.CC=C(C)C. The summed E-state index contributed by atoms with van der Waals surface area (Å²) in [7, 11) is 0. The number of hydrogen-bond donors (Lipinski definition) is 1. The van der Waals surface area contributed by atoms with Gasteiger partial charge in [0.1, 0.15) is 5.84 Å². The Kier molecular flexibility index (Phi) is 15.7. The summed E-state index contributed by atoms with van der Waals surface area (Å²) >= 11 is 0. The monoisotopic (exact) mass is 518 g/mol. The zero-order chi connectivity index (χ0) is 28.5. The number of allylic oxidation sites excluding steroid dienone is 2. The lowest BCUT2D eigenvalue weighted by Gasteiger charge is -2.24. The van der Waals surface area contributed by atoms with Gasteiger partial charge >= 0.3 is 0 Å². The first kappa shape index (κ1) is 32.8. The van der Waals surface area contributed by atoms with Crippen LogP contribution in [-0.4, -0.2) is 42.8 Å². The van der Waals surface area contributed by atoms with E-state index >= 15 is 0 Å². The minimum atomic E-state index is 0.143. The summed E-state index contributed by atoms with van der Waals surface area (Å²) in [5, 5.41) is 3.30. The molecule has 2 aromatic carbocycles. The molecule has 38 heavy (non-hydrogen) atoms. The van der Waals surface area contributed by atoms with Crippen LogP contribution in [0.5, 0.6) is 0 Å². The molecular weight excluding hydrogens is 468 g/mol. The van der Waals surface area contributed by atoms with Gasteiger partial charge in [0.25, 0.3) is 0 Å². The van der Waals surface area contributed by atoms with Crippen molar-refractivity contribution in [2.45, 2.75) is 74.9 Å². The van der Waals surface area contributed by atoms with Gasteiger partial charge in [-0.15, -0.1) is 6.58 Å². The van der Waals surface area contributed by atoms with Crippen molar-refractivity contribution in [1.82, 2.24) is 10.2 Å². The number of benzene rings is 2. The number of amidine groups is 1. The Morgan fingerprint density at radius 3 is 2.26 bits per heavy atom. The highest BCUT2D eigenvalue weighted by Gasteiger charge is 2.27. The van der Waals surface area contributed by atoms with E-state index in [2.05, 4.69) is 85.0 Å². The molecule has 0 radical (unpaired) electrons. The van der Waals surface area contributed by atoms with Crippen molar-refractivity contribution in [1.29, 1.82) is 0 Å². The number of aliphatic imine (C=N–C) groups is 1. The lowest BCUT2D eigenvalue weighted by atomic mass is 10.0. The Labute approximate surface area is 232 Å². The van der Waals surface area contributed by atoms with Crippen molar-refractivity contribution in [3.63, 3.8) is 0 Å². The van der Waals surface area contributed by atoms with Gasteiger partial charge in [0.05, 0.1) is 19.6 Å². The molecule has 208 valence electrons. The number of hydrogen-bond acceptors (Lipinski definition) is 4. The molecule has 4 rings (SSSR count). The van der Waals surface area contributed by atoms with Gasteiger partial charge in [-0.3, -0.25) is 14.7 Å². The second-order valence-corrected chi connectivity index (χ2v) is 9.06. The molecule has 1 amide bonds. The summed E-state index contributed by atoms with van der Waals surface area (Å²) in [6.45, 7) is 24.5. The largest absolute Gasteiger partial charge is 0.368 e. The fourth-order valence-electron chi connectivity index (χ4n) is 3.98. The van der Waals surface area contributed by atoms with E-state index in [1.165, 1.54) is 16.7 Å². The number of anilines is 1. The second kappa shape index (κ2) is 18.1. The van der Waals surface area contributed by atoms with Crippen LogP contribution in [0.2, 0.25) is 0 Å². The molecule has 0 saturated carbocycles. The molecule has 2 heterocycles. The maximum atomic E-state index is 13.2. The summed E-state index contributed by atoms with van der Waals surface area (Å²) in [5.74, 6) is 1.10. The van der Waals surface area contributed by atoms with E-state index in [0.29, 0.717) is 13.1 Å². The van der Waals surface area contributed by atoms with Crippen LogP contribution in [0, 0.1) is 6.92 Å². The summed E-state index contributed by atoms with van der Waals surface area (Å²) < 4.78 is 0. The van der Waals surface area contributed by atoms with Gasteiger partial charge in [-0.25, -0.2) is 0 Å². The zero-order valence-electron chi connectivity index (χ0n) is 25.1. The highest BCUT2D eigenvalue weighted by atomic mass is 16.2. The van der Waals surface area contributed by atoms with Gasteiger partial charge in [-0.05, 0) is 56.9 Å². The maximum Gasteiger partial charge on any atom is 0.241 e. The molecule has 0 fully saturated rings. The fraction of sp³-hybridized carbons (Fsp3) is 0.455. The first-order chi connectivity index (χ1) is 18.4. The molecule has 0 bridgehead atoms. The molecule has 5 nitrogen and oxygen atoms in total. The van der Waals surface area contributed by atoms with Crippen molar-refractivity contribution < 1.29 is 4.79 Å². The highest BCUT2D eigenvalue weighted by molar-refractivity contribution is 6.00. The Bertz CT molecular complexity index is 1050. The average Bonchev–Trinajstić information content (AvgIpc) is 3.45. The molecule has 0 saturated heterocycles. The third-order valence-electron chi connectivity index (χ3n) is 6.19. The molecule has 0 spiro atoms. The lowest BCUT2D eigenvalue weighted by Crippen LogP contribution is -2.37. The molecule has 2 aliphatic rings. The summed E-state index contributed by atoms with van der Waals surface area (Å²) in [4.78, 5) is 21.8. The van der Waals surface area contributed by atoms with Crippen LogP contribution < -0.4 is 10.2 Å². The van der Waals surface area contributed by atoms with Crippen LogP contribution in [0.4, 0.5) is 5.69 Å². The summed E-state index contributed by atoms with van der Waals surface area (Å²) in [6, 6.07) is 14.6. The van der Waals surface area contributed by atoms with Crippen molar-refractivity contribution in [3.05, 3.63) is 89.0 Å². The summed E-state index contributed by atoms with van der Waals surface area (Å²) in [6.07, 6.45) is 4.88. The third-order valence-corrected chi connectivity index (χ3v) is 6.19. The molecule has 0 aliphatic carbocycles. The van der Waals surface area contributed by atoms with Gasteiger partial charge in [0.2, 0.25) is 5.91 Å². The third kappa shape index (κ3) is 9.94. The normalized spacial score (nSPS) is 14.1. The van der Waals surface area contributed by atoms with Gasteiger partial charge in [-0.1, -0.05) is 81.8 Å². The Morgan fingerprint density at radius 1 is 1.05 bits per heavy atom. The second-order valence-electron chi connectivity index (χ2n) is 9.06. The smallest absolute Gasteiger partial charge is 0.241 e. The number of nitrogens with one attached hydrogen (secondary N) is 1. The standard InChI is InChI=1S/C24H28N4O.C5H10.2C2H6/c1-3-4-14-27-16-21-18(2)6-5-7-22(21)28(23(29)17-27)15-19-8-10-20(11-9-19)24-25-12-13-26-24;1-4-5(2)3;2*1-2/h3,5-11H,1,4,12-17H2,2H3,(H,25,26);4H,1-3H3;2*1-2H3. The molecule has 0 unspecified atom stereocenters. The van der Waals surface area contributed by atoms with Crippen molar-refractivity contribution in [3.8, 4) is 0 Å². The number of carbonyl (C=O) groups is 1. The first-order valence-corrected chi connectivity index (χ1v) is 14.1. The van der Waals surface area contributed by atoms with Gasteiger partial charge < -0.3 is 10.2 Å². The van der Waals surface area contributed by atoms with Crippen molar-refractivity contribution in [2.24, 2.45) is 4.99 Å². The lowest BCUT2D eigenvalue weighted by molar-refractivity contribution is -0.119. The molecule has 5 heteroatoms. The van der Waals surface area contributed by atoms with E-state index in [4.69, 9.17) is 0 Å². The highest BCUT2D eigenvalue weighted by Crippen LogP contribution is 2.30. The number of nitrogens with zero attached hydrogens (tertiary/aromatic N) is 3. The van der Waals surface area contributed by atoms with E-state index < -0.39 is 0 Å². The molecule has 0 atom stereocenters. The van der Waals surface area contributed by atoms with Crippen molar-refractivity contribution >= 4 is 17.4 Å². The molecular formula is C33H50N4O. The number of fused-ring (bicyclic) bond motifs is 1. The number of aryl methyl sites for hydroxylation is 1. The van der Waals surface area contributed by atoms with Crippen LogP contribution in [0.1, 0.15) is 77.1 Å². The average molecular weight is 519 g/mol. The van der Waals surface area contributed by atoms with E-state index in [0.717, 1.165) is 55.2 Å². The summed E-state index contributed by atoms with van der Waals surface area (Å²) in [5.41, 5.74) is 7.09. The predicted molar refractivity (Wildman–Crippen MR) is 166 cm³/mol. The van der Waals surface area contributed by atoms with E-state index in [9.17, 15) is 4.79 Å². The molecule has 0 aromatic heterocycles. The maximum absolute atomic E-state index is 13.2. The molecule has 2 aromatic rings. The first-order valence-electron chi connectivity index (χ1n) is 14.1. The minimum Gasteiger partial charge on any atom is -0.368 e. The van der Waals surface area contributed by atoms with Crippen molar-refractivity contribution in [2.75, 3.05) is 31.1 Å². The topological polar surface area (TPSA) is 47.9 Å². The van der Waals surface area contributed by atoms with Crippen LogP contribution in [-0.2, 0) is 17.9 Å². The number of rotatable bonds is 6. The van der Waals surface area contributed by atoms with Crippen LogP contribution >= 0.6 is 0 Å². The minimum absolute atomic E-state index is 0.143. The number of carbonyl (C=O) groups excluding carboxylic acids is 1. The fourth-order valence-corrected chi connectivity index (χ4v) is 3.98.